The number of aromatic nitrogens is 3. The van der Waals surface area contributed by atoms with Crippen LogP contribution >= 0.6 is 0 Å². The van der Waals surface area contributed by atoms with E-state index < -0.39 is 16.3 Å². The van der Waals surface area contributed by atoms with Gasteiger partial charge in [-0.15, -0.1) is 0 Å². The van der Waals surface area contributed by atoms with Gasteiger partial charge in [-0.3, -0.25) is 19.7 Å². The second-order valence-electron chi connectivity index (χ2n) is 6.85. The molecule has 2 aromatic carbocycles. The summed E-state index contributed by atoms with van der Waals surface area (Å²) in [4.78, 5) is 38.8. The summed E-state index contributed by atoms with van der Waals surface area (Å²) in [5.41, 5.74) is 2.61. The molecule has 2 heterocycles. The zero-order chi connectivity index (χ0) is 21.4. The van der Waals surface area contributed by atoms with E-state index in [0.29, 0.717) is 22.4 Å². The van der Waals surface area contributed by atoms with Gasteiger partial charge in [-0.1, -0.05) is 17.7 Å². The molecule has 0 radical (unpaired) electrons. The Labute approximate surface area is 170 Å². The van der Waals surface area contributed by atoms with E-state index in [2.05, 4.69) is 15.4 Å². The van der Waals surface area contributed by atoms with Crippen molar-refractivity contribution in [2.24, 2.45) is 0 Å². The maximum absolute atomic E-state index is 13.0. The van der Waals surface area contributed by atoms with Crippen molar-refractivity contribution in [1.29, 1.82) is 0 Å². The maximum Gasteiger partial charge on any atom is 0.269 e. The molecule has 0 aliphatic heterocycles. The second kappa shape index (κ2) is 7.28. The summed E-state index contributed by atoms with van der Waals surface area (Å²) < 4.78 is 1.63. The van der Waals surface area contributed by atoms with Gasteiger partial charge in [0.15, 0.2) is 0 Å². The third kappa shape index (κ3) is 3.32. The van der Waals surface area contributed by atoms with Gasteiger partial charge in [0.25, 0.3) is 11.6 Å². The van der Waals surface area contributed by atoms with Crippen molar-refractivity contribution in [3.8, 4) is 5.69 Å². The van der Waals surface area contributed by atoms with Gasteiger partial charge in [0, 0.05) is 24.0 Å². The standard InChI is InChI=1S/C21H17N5O4/c1-12-3-7-15(8-4-12)25-20-18(13(2)24-25)19(27)17(11-22-20)21(28)23-14-5-9-16(10-6-14)26(29)30/h3-11H,1-2H3,(H,22,27)(H,23,28). The lowest BCUT2D eigenvalue weighted by atomic mass is 10.1. The lowest BCUT2D eigenvalue weighted by Crippen LogP contribution is -2.22. The molecule has 9 heteroatoms. The Kier molecular flexibility index (Phi) is 4.63. The van der Waals surface area contributed by atoms with Gasteiger partial charge in [-0.05, 0) is 38.1 Å². The molecule has 2 aromatic heterocycles. The third-order valence-electron chi connectivity index (χ3n) is 4.74. The van der Waals surface area contributed by atoms with Crippen LogP contribution in [0.15, 0.2) is 59.5 Å². The smallest absolute Gasteiger partial charge is 0.269 e. The first-order chi connectivity index (χ1) is 14.3. The van der Waals surface area contributed by atoms with Crippen molar-refractivity contribution >= 4 is 28.3 Å². The van der Waals surface area contributed by atoms with Crippen LogP contribution in [0.4, 0.5) is 11.4 Å². The summed E-state index contributed by atoms with van der Waals surface area (Å²) in [6, 6.07) is 13.1. The molecule has 9 nitrogen and oxygen atoms in total. The molecule has 4 rings (SSSR count). The highest BCUT2D eigenvalue weighted by atomic mass is 16.6. The van der Waals surface area contributed by atoms with Crippen LogP contribution in [0.2, 0.25) is 0 Å². The summed E-state index contributed by atoms with van der Waals surface area (Å²) in [5.74, 6) is -0.616. The molecule has 0 bridgehead atoms. The number of hydrogen-bond acceptors (Lipinski definition) is 5. The number of carbonyl (C=O) groups excluding carboxylic acids is 1. The largest absolute Gasteiger partial charge is 0.345 e. The van der Waals surface area contributed by atoms with E-state index in [0.717, 1.165) is 11.3 Å². The molecule has 4 aromatic rings. The first kappa shape index (κ1) is 19.1. The molecule has 0 saturated carbocycles. The quantitative estimate of drug-likeness (QED) is 0.399. The topological polar surface area (TPSA) is 123 Å². The van der Waals surface area contributed by atoms with Gasteiger partial charge in [0.2, 0.25) is 5.43 Å². The summed E-state index contributed by atoms with van der Waals surface area (Å²) in [6.45, 7) is 3.69. The van der Waals surface area contributed by atoms with E-state index in [-0.39, 0.29) is 11.3 Å². The Morgan fingerprint density at radius 3 is 2.40 bits per heavy atom. The number of benzene rings is 2. The van der Waals surface area contributed by atoms with E-state index in [1.54, 1.807) is 11.6 Å². The molecule has 0 spiro atoms. The number of anilines is 1. The Morgan fingerprint density at radius 1 is 1.10 bits per heavy atom. The first-order valence-electron chi connectivity index (χ1n) is 9.09. The number of rotatable bonds is 4. The van der Waals surface area contributed by atoms with E-state index in [1.807, 2.05) is 31.2 Å². The first-order valence-corrected chi connectivity index (χ1v) is 9.09. The van der Waals surface area contributed by atoms with Crippen molar-refractivity contribution in [2.45, 2.75) is 13.8 Å². The van der Waals surface area contributed by atoms with Crippen LogP contribution in [-0.4, -0.2) is 25.6 Å². The minimum Gasteiger partial charge on any atom is -0.345 e. The van der Waals surface area contributed by atoms with E-state index in [9.17, 15) is 19.7 Å². The molecule has 1 amide bonds. The zero-order valence-electron chi connectivity index (χ0n) is 16.2. The lowest BCUT2D eigenvalue weighted by molar-refractivity contribution is -0.384. The molecule has 2 N–H and O–H groups in total. The predicted octanol–water partition coefficient (Wildman–Crippen LogP) is 3.49. The lowest BCUT2D eigenvalue weighted by Gasteiger charge is -2.06. The van der Waals surface area contributed by atoms with Gasteiger partial charge < -0.3 is 10.3 Å². The number of pyridine rings is 1. The summed E-state index contributed by atoms with van der Waals surface area (Å²) >= 11 is 0. The number of amides is 1. The Hall–Kier alpha value is -4.27. The fourth-order valence-corrected chi connectivity index (χ4v) is 3.18. The average molecular weight is 403 g/mol. The number of fused-ring (bicyclic) bond motifs is 1. The number of nitrogens with zero attached hydrogens (tertiary/aromatic N) is 3. The highest BCUT2D eigenvalue weighted by Crippen LogP contribution is 2.19. The molecule has 0 fully saturated rings. The van der Waals surface area contributed by atoms with Gasteiger partial charge >= 0.3 is 0 Å². The SMILES string of the molecule is Cc1ccc(-n2nc(C)c3c(=O)c(C(=O)Nc4ccc([N+](=O)[O-])cc4)c[nH]c32)cc1. The number of aryl methyl sites for hydroxylation is 2. The highest BCUT2D eigenvalue weighted by molar-refractivity contribution is 6.05. The highest BCUT2D eigenvalue weighted by Gasteiger charge is 2.19. The average Bonchev–Trinajstić information content (AvgIpc) is 3.06. The Balaban J connectivity index is 1.70. The molecule has 0 unspecified atom stereocenters. The number of carbonyl (C=O) groups is 1. The minimum absolute atomic E-state index is 0.0765. The van der Waals surface area contributed by atoms with Crippen LogP contribution < -0.4 is 10.7 Å². The summed E-state index contributed by atoms with van der Waals surface area (Å²) in [6.07, 6.45) is 1.34. The predicted molar refractivity (Wildman–Crippen MR) is 112 cm³/mol. The molecular formula is C21H17N5O4. The molecule has 150 valence electrons. The van der Waals surface area contributed by atoms with Crippen LogP contribution in [0.25, 0.3) is 16.7 Å². The number of nitro benzene ring substituents is 1. The van der Waals surface area contributed by atoms with Crippen LogP contribution in [0.1, 0.15) is 21.6 Å². The number of H-pyrrole nitrogens is 1. The van der Waals surface area contributed by atoms with Crippen molar-refractivity contribution in [1.82, 2.24) is 14.8 Å². The number of nitrogens with one attached hydrogen (secondary N) is 2. The number of non-ortho nitro benzene ring substituents is 1. The minimum atomic E-state index is -0.616. The molecule has 0 aliphatic rings. The zero-order valence-corrected chi connectivity index (χ0v) is 16.2. The van der Waals surface area contributed by atoms with Crippen LogP contribution in [0.5, 0.6) is 0 Å². The normalized spacial score (nSPS) is 10.9. The van der Waals surface area contributed by atoms with Crippen LogP contribution in [0, 0.1) is 24.0 Å². The molecular weight excluding hydrogens is 386 g/mol. The van der Waals surface area contributed by atoms with Crippen molar-refractivity contribution in [3.63, 3.8) is 0 Å². The number of hydrogen-bond donors (Lipinski definition) is 2. The summed E-state index contributed by atoms with van der Waals surface area (Å²) in [5, 5.41) is 18.1. The number of aromatic amines is 1. The van der Waals surface area contributed by atoms with E-state index >= 15 is 0 Å². The monoisotopic (exact) mass is 403 g/mol. The van der Waals surface area contributed by atoms with Crippen molar-refractivity contribution in [2.75, 3.05) is 5.32 Å². The van der Waals surface area contributed by atoms with Crippen LogP contribution in [-0.2, 0) is 0 Å². The Bertz CT molecular complexity index is 1340. The second-order valence-corrected chi connectivity index (χ2v) is 6.85. The molecule has 0 aliphatic carbocycles. The third-order valence-corrected chi connectivity index (χ3v) is 4.74. The van der Waals surface area contributed by atoms with Gasteiger partial charge in [-0.2, -0.15) is 5.10 Å². The fraction of sp³-hybridized carbons (Fsp3) is 0.0952. The number of nitro groups is 1. The fourth-order valence-electron chi connectivity index (χ4n) is 3.18. The van der Waals surface area contributed by atoms with Crippen molar-refractivity contribution in [3.05, 3.63) is 91.9 Å². The molecule has 30 heavy (non-hydrogen) atoms. The van der Waals surface area contributed by atoms with Gasteiger partial charge in [0.1, 0.15) is 11.2 Å². The van der Waals surface area contributed by atoms with E-state index in [4.69, 9.17) is 0 Å². The summed E-state index contributed by atoms with van der Waals surface area (Å²) in [7, 11) is 0. The van der Waals surface area contributed by atoms with Crippen molar-refractivity contribution < 1.29 is 9.72 Å². The maximum atomic E-state index is 13.0. The molecule has 0 atom stereocenters. The molecule has 0 saturated heterocycles. The Morgan fingerprint density at radius 2 is 1.77 bits per heavy atom. The van der Waals surface area contributed by atoms with Crippen LogP contribution in [0.3, 0.4) is 0 Å². The van der Waals surface area contributed by atoms with Gasteiger partial charge in [0.05, 0.1) is 21.7 Å². The van der Waals surface area contributed by atoms with Gasteiger partial charge in [-0.25, -0.2) is 4.68 Å². The van der Waals surface area contributed by atoms with E-state index in [1.165, 1.54) is 30.5 Å².